The molecule has 0 saturated carbocycles. The molecule has 156 valence electrons. The average molecular weight is 492 g/mol. The molecule has 0 bridgehead atoms. The standard InChI is InChI=1S/C21H20BrClN4O3/c1-3-27(10-9-26(2)20(29)13-7-5-4-6-8-13)21(30)18(28)14-11-24-17-16(14)15(23)12-25-19(17)22/h4-8,11-12,24H,3,9-10H2,1-2H3. The second kappa shape index (κ2) is 9.40. The van der Waals surface area contributed by atoms with Crippen molar-refractivity contribution in [2.24, 2.45) is 0 Å². The Labute approximate surface area is 187 Å². The molecule has 1 N–H and O–H groups in total. The molecule has 1 aromatic carbocycles. The van der Waals surface area contributed by atoms with Gasteiger partial charge in [-0.25, -0.2) is 4.98 Å². The Kier molecular flexibility index (Phi) is 6.89. The van der Waals surface area contributed by atoms with Crippen molar-refractivity contribution in [3.63, 3.8) is 0 Å². The minimum atomic E-state index is -0.667. The highest BCUT2D eigenvalue weighted by Crippen LogP contribution is 2.30. The first kappa shape index (κ1) is 22.0. The second-order valence-electron chi connectivity index (χ2n) is 6.66. The van der Waals surface area contributed by atoms with Gasteiger partial charge in [-0.2, -0.15) is 0 Å². The van der Waals surface area contributed by atoms with E-state index in [1.807, 2.05) is 6.07 Å². The molecule has 0 aliphatic rings. The topological polar surface area (TPSA) is 86.4 Å². The highest BCUT2D eigenvalue weighted by atomic mass is 79.9. The second-order valence-corrected chi connectivity index (χ2v) is 7.81. The molecule has 7 nitrogen and oxygen atoms in total. The number of H-pyrrole nitrogens is 1. The van der Waals surface area contributed by atoms with Crippen LogP contribution in [0.5, 0.6) is 0 Å². The molecule has 0 unspecified atom stereocenters. The largest absolute Gasteiger partial charge is 0.358 e. The van der Waals surface area contributed by atoms with Gasteiger partial charge in [0.15, 0.2) is 0 Å². The number of ketones is 1. The molecule has 2 heterocycles. The predicted molar refractivity (Wildman–Crippen MR) is 119 cm³/mol. The van der Waals surface area contributed by atoms with E-state index in [1.54, 1.807) is 38.2 Å². The Hall–Kier alpha value is -2.71. The lowest BCUT2D eigenvalue weighted by Gasteiger charge is -2.24. The van der Waals surface area contributed by atoms with Gasteiger partial charge in [-0.1, -0.05) is 29.8 Å². The number of hydrogen-bond acceptors (Lipinski definition) is 4. The van der Waals surface area contributed by atoms with Crippen LogP contribution in [0.2, 0.25) is 5.02 Å². The van der Waals surface area contributed by atoms with Gasteiger partial charge in [-0.05, 0) is 35.0 Å². The number of amides is 2. The third kappa shape index (κ3) is 4.39. The van der Waals surface area contributed by atoms with Crippen LogP contribution in [0, 0.1) is 0 Å². The van der Waals surface area contributed by atoms with Gasteiger partial charge in [0.2, 0.25) is 0 Å². The Morgan fingerprint density at radius 2 is 1.87 bits per heavy atom. The summed E-state index contributed by atoms with van der Waals surface area (Å²) in [6, 6.07) is 8.90. The summed E-state index contributed by atoms with van der Waals surface area (Å²) in [6.07, 6.45) is 2.88. The van der Waals surface area contributed by atoms with E-state index in [2.05, 4.69) is 25.9 Å². The van der Waals surface area contributed by atoms with Crippen LogP contribution in [-0.2, 0) is 4.79 Å². The van der Waals surface area contributed by atoms with Crippen molar-refractivity contribution in [2.75, 3.05) is 26.7 Å². The molecule has 3 rings (SSSR count). The van der Waals surface area contributed by atoms with E-state index in [1.165, 1.54) is 22.2 Å². The first-order valence-electron chi connectivity index (χ1n) is 9.30. The van der Waals surface area contributed by atoms with Gasteiger partial charge in [0.1, 0.15) is 4.60 Å². The van der Waals surface area contributed by atoms with Crippen LogP contribution in [0.3, 0.4) is 0 Å². The van der Waals surface area contributed by atoms with E-state index in [4.69, 9.17) is 11.6 Å². The summed E-state index contributed by atoms with van der Waals surface area (Å²) in [5.74, 6) is -1.46. The summed E-state index contributed by atoms with van der Waals surface area (Å²) in [4.78, 5) is 48.2. The maximum absolute atomic E-state index is 12.9. The fraction of sp³-hybridized carbons (Fsp3) is 0.238. The number of benzene rings is 1. The molecule has 9 heteroatoms. The Morgan fingerprint density at radius 3 is 2.53 bits per heavy atom. The van der Waals surface area contributed by atoms with Crippen LogP contribution in [0.1, 0.15) is 27.6 Å². The molecule has 0 aliphatic carbocycles. The van der Waals surface area contributed by atoms with Crippen molar-refractivity contribution in [3.05, 3.63) is 63.5 Å². The van der Waals surface area contributed by atoms with Crippen LogP contribution < -0.4 is 0 Å². The number of nitrogens with one attached hydrogen (secondary N) is 1. The van der Waals surface area contributed by atoms with Crippen molar-refractivity contribution in [1.29, 1.82) is 0 Å². The molecule has 0 atom stereocenters. The molecule has 2 amide bonds. The number of aromatic nitrogens is 2. The third-order valence-electron chi connectivity index (χ3n) is 4.80. The molecular weight excluding hydrogens is 472 g/mol. The minimum Gasteiger partial charge on any atom is -0.358 e. The molecule has 0 radical (unpaired) electrons. The number of halogens is 2. The number of pyridine rings is 1. The normalized spacial score (nSPS) is 10.8. The van der Waals surface area contributed by atoms with Crippen LogP contribution in [0.25, 0.3) is 10.9 Å². The van der Waals surface area contributed by atoms with Crippen LogP contribution in [0.15, 0.2) is 47.3 Å². The van der Waals surface area contributed by atoms with Gasteiger partial charge in [-0.15, -0.1) is 0 Å². The number of rotatable bonds is 7. The quantitative estimate of drug-likeness (QED) is 0.310. The molecule has 0 fully saturated rings. The number of carbonyl (C=O) groups is 3. The molecule has 0 saturated heterocycles. The summed E-state index contributed by atoms with van der Waals surface area (Å²) in [5.41, 5.74) is 1.31. The molecular formula is C21H20BrClN4O3. The Bertz CT molecular complexity index is 1100. The molecule has 0 spiro atoms. The Morgan fingerprint density at radius 1 is 1.17 bits per heavy atom. The highest BCUT2D eigenvalue weighted by molar-refractivity contribution is 9.10. The molecule has 3 aromatic rings. The lowest BCUT2D eigenvalue weighted by molar-refractivity contribution is -0.126. The van der Waals surface area contributed by atoms with E-state index >= 15 is 0 Å². The Balaban J connectivity index is 1.73. The van der Waals surface area contributed by atoms with Gasteiger partial charge >= 0.3 is 0 Å². The fourth-order valence-electron chi connectivity index (χ4n) is 3.09. The first-order chi connectivity index (χ1) is 14.3. The summed E-state index contributed by atoms with van der Waals surface area (Å²) >= 11 is 9.51. The van der Waals surface area contributed by atoms with Gasteiger partial charge in [-0.3, -0.25) is 14.4 Å². The van der Waals surface area contributed by atoms with Crippen molar-refractivity contribution < 1.29 is 14.4 Å². The number of carbonyl (C=O) groups excluding carboxylic acids is 3. The van der Waals surface area contributed by atoms with Gasteiger partial charge in [0.25, 0.3) is 17.6 Å². The van der Waals surface area contributed by atoms with Crippen molar-refractivity contribution in [3.8, 4) is 0 Å². The molecule has 30 heavy (non-hydrogen) atoms. The minimum absolute atomic E-state index is 0.147. The third-order valence-corrected chi connectivity index (χ3v) is 5.68. The zero-order valence-electron chi connectivity index (χ0n) is 16.5. The van der Waals surface area contributed by atoms with Crippen molar-refractivity contribution in [1.82, 2.24) is 19.8 Å². The number of nitrogens with zero attached hydrogens (tertiary/aromatic N) is 3. The van der Waals surface area contributed by atoms with Crippen LogP contribution in [0.4, 0.5) is 0 Å². The first-order valence-corrected chi connectivity index (χ1v) is 10.5. The fourth-order valence-corrected chi connectivity index (χ4v) is 3.75. The lowest BCUT2D eigenvalue weighted by atomic mass is 10.1. The summed E-state index contributed by atoms with van der Waals surface area (Å²) in [7, 11) is 1.67. The summed E-state index contributed by atoms with van der Waals surface area (Å²) < 4.78 is 0.502. The van der Waals surface area contributed by atoms with E-state index in [0.29, 0.717) is 34.2 Å². The zero-order valence-corrected chi connectivity index (χ0v) is 18.8. The van der Waals surface area contributed by atoms with E-state index in [-0.39, 0.29) is 23.0 Å². The molecule has 0 aliphatic heterocycles. The maximum Gasteiger partial charge on any atom is 0.295 e. The number of aromatic amines is 1. The van der Waals surface area contributed by atoms with Crippen LogP contribution in [-0.4, -0.2) is 64.0 Å². The lowest BCUT2D eigenvalue weighted by Crippen LogP contribution is -2.42. The van der Waals surface area contributed by atoms with Crippen molar-refractivity contribution in [2.45, 2.75) is 6.92 Å². The summed E-state index contributed by atoms with van der Waals surface area (Å²) in [6.45, 7) is 2.65. The number of hydrogen-bond donors (Lipinski definition) is 1. The van der Waals surface area contributed by atoms with E-state index < -0.39 is 11.7 Å². The zero-order chi connectivity index (χ0) is 21.8. The molecule has 2 aromatic heterocycles. The highest BCUT2D eigenvalue weighted by Gasteiger charge is 2.27. The van der Waals surface area contributed by atoms with E-state index in [0.717, 1.165) is 0 Å². The predicted octanol–water partition coefficient (Wildman–Crippen LogP) is 3.78. The SMILES string of the molecule is CCN(CCN(C)C(=O)c1ccccc1)C(=O)C(=O)c1c[nH]c2c(Br)ncc(Cl)c12. The monoisotopic (exact) mass is 490 g/mol. The summed E-state index contributed by atoms with van der Waals surface area (Å²) in [5, 5.41) is 0.728. The van der Waals surface area contributed by atoms with Gasteiger partial charge < -0.3 is 14.8 Å². The van der Waals surface area contributed by atoms with Crippen LogP contribution >= 0.6 is 27.5 Å². The number of likely N-dealkylation sites (N-methyl/N-ethyl adjacent to an activating group) is 2. The smallest absolute Gasteiger partial charge is 0.295 e. The van der Waals surface area contributed by atoms with Gasteiger partial charge in [0, 0.05) is 50.0 Å². The number of fused-ring (bicyclic) bond motifs is 1. The maximum atomic E-state index is 12.9. The average Bonchev–Trinajstić information content (AvgIpc) is 3.22. The van der Waals surface area contributed by atoms with Crippen molar-refractivity contribution >= 4 is 56.0 Å². The number of Topliss-reactive ketones (excluding diaryl/α,β-unsaturated/α-hetero) is 1. The van der Waals surface area contributed by atoms with E-state index in [9.17, 15) is 14.4 Å². The van der Waals surface area contributed by atoms with Gasteiger partial charge in [0.05, 0.1) is 16.1 Å².